The molecule has 22 heavy (non-hydrogen) atoms. The Bertz CT molecular complexity index is 578. The highest BCUT2D eigenvalue weighted by molar-refractivity contribution is 5.88. The Morgan fingerprint density at radius 1 is 1.41 bits per heavy atom. The molecule has 120 valence electrons. The molecule has 1 aromatic rings. The first-order valence-corrected chi connectivity index (χ1v) is 7.05. The van der Waals surface area contributed by atoms with Gasteiger partial charge in [-0.25, -0.2) is 8.78 Å². The standard InChI is InChI=1S/C15H19F2N3O2/c1-19(2)13(21)8-12-15(22)18-6-7-20(12)9-10-4-3-5-11(16)14(10)17/h3-5,12H,6-9H2,1-2H3,(H,18,22)/t12-/m1/s1. The van der Waals surface area contributed by atoms with Crippen LogP contribution in [0, 0.1) is 11.6 Å². The van der Waals surface area contributed by atoms with Crippen molar-refractivity contribution in [1.82, 2.24) is 15.1 Å². The zero-order valence-corrected chi connectivity index (χ0v) is 12.6. The maximum atomic E-state index is 13.8. The van der Waals surface area contributed by atoms with Crippen molar-refractivity contribution in [3.8, 4) is 0 Å². The summed E-state index contributed by atoms with van der Waals surface area (Å²) in [6.45, 7) is 0.984. The van der Waals surface area contributed by atoms with Crippen LogP contribution in [0.1, 0.15) is 12.0 Å². The van der Waals surface area contributed by atoms with E-state index in [-0.39, 0.29) is 30.3 Å². The van der Waals surface area contributed by atoms with Gasteiger partial charge in [0, 0.05) is 39.3 Å². The van der Waals surface area contributed by atoms with Crippen LogP contribution in [0.2, 0.25) is 0 Å². The third kappa shape index (κ3) is 3.59. The zero-order valence-electron chi connectivity index (χ0n) is 12.6. The first kappa shape index (κ1) is 16.4. The molecule has 1 atom stereocenters. The van der Waals surface area contributed by atoms with Crippen LogP contribution < -0.4 is 5.32 Å². The number of amides is 2. The molecule has 7 heteroatoms. The van der Waals surface area contributed by atoms with Gasteiger partial charge in [-0.05, 0) is 6.07 Å². The second-order valence-electron chi connectivity index (χ2n) is 5.48. The molecule has 0 radical (unpaired) electrons. The van der Waals surface area contributed by atoms with E-state index in [1.54, 1.807) is 19.0 Å². The van der Waals surface area contributed by atoms with E-state index in [4.69, 9.17) is 0 Å². The molecular weight excluding hydrogens is 292 g/mol. The number of rotatable bonds is 4. The zero-order chi connectivity index (χ0) is 16.3. The molecule has 0 unspecified atom stereocenters. The van der Waals surface area contributed by atoms with Crippen molar-refractivity contribution in [3.05, 3.63) is 35.4 Å². The highest BCUT2D eigenvalue weighted by Crippen LogP contribution is 2.18. The fraction of sp³-hybridized carbons (Fsp3) is 0.467. The van der Waals surface area contributed by atoms with Crippen LogP contribution in [0.15, 0.2) is 18.2 Å². The smallest absolute Gasteiger partial charge is 0.237 e. The molecule has 5 nitrogen and oxygen atoms in total. The first-order chi connectivity index (χ1) is 10.4. The Balaban J connectivity index is 2.17. The molecule has 0 aliphatic carbocycles. The van der Waals surface area contributed by atoms with Crippen molar-refractivity contribution in [3.63, 3.8) is 0 Å². The molecular formula is C15H19F2N3O2. The number of carbonyl (C=O) groups is 2. The number of piperazine rings is 1. The first-order valence-electron chi connectivity index (χ1n) is 7.05. The van der Waals surface area contributed by atoms with E-state index in [1.165, 1.54) is 17.0 Å². The topological polar surface area (TPSA) is 52.7 Å². The molecule has 1 heterocycles. The Morgan fingerprint density at radius 3 is 2.82 bits per heavy atom. The third-order valence-electron chi connectivity index (χ3n) is 3.71. The Hall–Kier alpha value is -2.02. The van der Waals surface area contributed by atoms with Gasteiger partial charge in [0.2, 0.25) is 11.8 Å². The van der Waals surface area contributed by atoms with Crippen molar-refractivity contribution < 1.29 is 18.4 Å². The summed E-state index contributed by atoms with van der Waals surface area (Å²) in [5.74, 6) is -2.28. The van der Waals surface area contributed by atoms with E-state index in [2.05, 4.69) is 5.32 Å². The summed E-state index contributed by atoms with van der Waals surface area (Å²) in [6.07, 6.45) is 0.00969. The van der Waals surface area contributed by atoms with Gasteiger partial charge in [-0.1, -0.05) is 12.1 Å². The Kier molecular flexibility index (Phi) is 5.07. The summed E-state index contributed by atoms with van der Waals surface area (Å²) in [7, 11) is 3.22. The Morgan fingerprint density at radius 2 is 2.14 bits per heavy atom. The van der Waals surface area contributed by atoms with Crippen LogP contribution in [-0.2, 0) is 16.1 Å². The minimum Gasteiger partial charge on any atom is -0.353 e. The number of halogens is 2. The van der Waals surface area contributed by atoms with Crippen molar-refractivity contribution in [2.24, 2.45) is 0 Å². The molecule has 1 aliphatic rings. The largest absolute Gasteiger partial charge is 0.353 e. The normalized spacial score (nSPS) is 18.9. The van der Waals surface area contributed by atoms with Crippen LogP contribution >= 0.6 is 0 Å². The quantitative estimate of drug-likeness (QED) is 0.892. The van der Waals surface area contributed by atoms with E-state index in [1.807, 2.05) is 0 Å². The van der Waals surface area contributed by atoms with Gasteiger partial charge in [-0.15, -0.1) is 0 Å². The fourth-order valence-electron chi connectivity index (χ4n) is 2.41. The second-order valence-corrected chi connectivity index (χ2v) is 5.48. The highest BCUT2D eigenvalue weighted by Gasteiger charge is 2.32. The molecule has 0 aromatic heterocycles. The van der Waals surface area contributed by atoms with Crippen LogP contribution in [0.25, 0.3) is 0 Å². The molecule has 1 N–H and O–H groups in total. The van der Waals surface area contributed by atoms with Crippen LogP contribution in [0.3, 0.4) is 0 Å². The number of benzene rings is 1. The van der Waals surface area contributed by atoms with Gasteiger partial charge in [-0.3, -0.25) is 14.5 Å². The number of carbonyl (C=O) groups excluding carboxylic acids is 2. The van der Waals surface area contributed by atoms with Gasteiger partial charge in [-0.2, -0.15) is 0 Å². The summed E-state index contributed by atoms with van der Waals surface area (Å²) in [4.78, 5) is 27.0. The van der Waals surface area contributed by atoms with Crippen LogP contribution in [0.4, 0.5) is 8.78 Å². The van der Waals surface area contributed by atoms with E-state index < -0.39 is 17.7 Å². The van der Waals surface area contributed by atoms with Gasteiger partial charge >= 0.3 is 0 Å². The van der Waals surface area contributed by atoms with Crippen molar-refractivity contribution in [1.29, 1.82) is 0 Å². The second kappa shape index (κ2) is 6.83. The van der Waals surface area contributed by atoms with Gasteiger partial charge < -0.3 is 10.2 Å². The maximum Gasteiger partial charge on any atom is 0.237 e. The Labute approximate surface area is 127 Å². The molecule has 0 bridgehead atoms. The lowest BCUT2D eigenvalue weighted by Crippen LogP contribution is -2.56. The predicted molar refractivity (Wildman–Crippen MR) is 76.9 cm³/mol. The van der Waals surface area contributed by atoms with E-state index in [0.29, 0.717) is 13.1 Å². The van der Waals surface area contributed by atoms with Gasteiger partial charge in [0.1, 0.15) is 0 Å². The molecule has 2 amide bonds. The van der Waals surface area contributed by atoms with E-state index in [9.17, 15) is 18.4 Å². The number of hydrogen-bond acceptors (Lipinski definition) is 3. The average Bonchev–Trinajstić information content (AvgIpc) is 2.47. The van der Waals surface area contributed by atoms with Crippen LogP contribution in [0.5, 0.6) is 0 Å². The molecule has 1 fully saturated rings. The minimum atomic E-state index is -0.917. The lowest BCUT2D eigenvalue weighted by molar-refractivity contribution is -0.137. The fourth-order valence-corrected chi connectivity index (χ4v) is 2.41. The van der Waals surface area contributed by atoms with Crippen molar-refractivity contribution >= 4 is 11.8 Å². The van der Waals surface area contributed by atoms with Crippen molar-refractivity contribution in [2.75, 3.05) is 27.2 Å². The molecule has 1 saturated heterocycles. The van der Waals surface area contributed by atoms with E-state index >= 15 is 0 Å². The predicted octanol–water partition coefficient (Wildman–Crippen LogP) is 0.744. The minimum absolute atomic E-state index is 0.00969. The summed E-state index contributed by atoms with van der Waals surface area (Å²) >= 11 is 0. The van der Waals surface area contributed by atoms with Crippen molar-refractivity contribution in [2.45, 2.75) is 19.0 Å². The molecule has 0 saturated carbocycles. The third-order valence-corrected chi connectivity index (χ3v) is 3.71. The average molecular weight is 311 g/mol. The molecule has 1 aliphatic heterocycles. The number of hydrogen-bond donors (Lipinski definition) is 1. The summed E-state index contributed by atoms with van der Waals surface area (Å²) in [6, 6.07) is 3.29. The summed E-state index contributed by atoms with van der Waals surface area (Å²) in [5.41, 5.74) is 0.178. The monoisotopic (exact) mass is 311 g/mol. The van der Waals surface area contributed by atoms with Gasteiger partial charge in [0.25, 0.3) is 0 Å². The van der Waals surface area contributed by atoms with Gasteiger partial charge in [0.05, 0.1) is 12.5 Å². The number of nitrogens with zero attached hydrogens (tertiary/aromatic N) is 2. The summed E-state index contributed by atoms with van der Waals surface area (Å²) < 4.78 is 27.1. The highest BCUT2D eigenvalue weighted by atomic mass is 19.2. The SMILES string of the molecule is CN(C)C(=O)C[C@@H]1C(=O)NCCN1Cc1cccc(F)c1F. The lowest BCUT2D eigenvalue weighted by Gasteiger charge is -2.35. The summed E-state index contributed by atoms with van der Waals surface area (Å²) in [5, 5.41) is 2.70. The maximum absolute atomic E-state index is 13.8. The van der Waals surface area contributed by atoms with Gasteiger partial charge in [0.15, 0.2) is 11.6 Å². The molecule has 0 spiro atoms. The lowest BCUT2D eigenvalue weighted by atomic mass is 10.1. The number of nitrogens with one attached hydrogen (secondary N) is 1. The van der Waals surface area contributed by atoms with Crippen LogP contribution in [-0.4, -0.2) is 54.8 Å². The molecule has 2 rings (SSSR count). The van der Waals surface area contributed by atoms with E-state index in [0.717, 1.165) is 6.07 Å². The molecule has 1 aromatic carbocycles.